The maximum Gasteiger partial charge on any atom is 0.140 e. The molecule has 0 spiro atoms. The van der Waals surface area contributed by atoms with E-state index in [0.717, 1.165) is 16.1 Å². The molecule has 3 nitrogen and oxygen atoms in total. The quantitative estimate of drug-likeness (QED) is 0.926. The smallest absolute Gasteiger partial charge is 0.140 e. The van der Waals surface area contributed by atoms with Crippen molar-refractivity contribution in [3.8, 4) is 6.07 Å². The Kier molecular flexibility index (Phi) is 4.51. The zero-order valence-corrected chi connectivity index (χ0v) is 11.4. The van der Waals surface area contributed by atoms with Crippen molar-refractivity contribution in [3.05, 3.63) is 64.4 Å². The van der Waals surface area contributed by atoms with Gasteiger partial charge in [-0.1, -0.05) is 23.7 Å². The number of halogens is 1. The van der Waals surface area contributed by atoms with Crippen molar-refractivity contribution in [2.75, 3.05) is 0 Å². The molecule has 19 heavy (non-hydrogen) atoms. The third-order valence-corrected chi connectivity index (χ3v) is 3.14. The Balaban J connectivity index is 2.00. The van der Waals surface area contributed by atoms with Crippen LogP contribution in [0.1, 0.15) is 29.8 Å². The number of hydrogen-bond acceptors (Lipinski definition) is 3. The molecular formula is C15H14ClN3. The lowest BCUT2D eigenvalue weighted by Crippen LogP contribution is -2.18. The van der Waals surface area contributed by atoms with E-state index in [2.05, 4.69) is 17.2 Å². The molecule has 1 aromatic heterocycles. The van der Waals surface area contributed by atoms with E-state index in [0.29, 0.717) is 12.2 Å². The van der Waals surface area contributed by atoms with Gasteiger partial charge in [-0.3, -0.25) is 0 Å². The summed E-state index contributed by atoms with van der Waals surface area (Å²) in [5.41, 5.74) is 2.62. The van der Waals surface area contributed by atoms with Crippen LogP contribution in [0.5, 0.6) is 0 Å². The molecule has 0 unspecified atom stereocenters. The SMILES string of the molecule is C[C@@H](NCc1ccnc(C#N)c1)c1cccc(Cl)c1. The molecule has 1 atom stereocenters. The third kappa shape index (κ3) is 3.78. The number of nitriles is 1. The fourth-order valence-electron chi connectivity index (χ4n) is 1.81. The van der Waals surface area contributed by atoms with Crippen LogP contribution in [0.3, 0.4) is 0 Å². The van der Waals surface area contributed by atoms with E-state index >= 15 is 0 Å². The Labute approximate surface area is 117 Å². The van der Waals surface area contributed by atoms with Crippen LogP contribution in [0, 0.1) is 11.3 Å². The Bertz CT molecular complexity index is 604. The maximum atomic E-state index is 8.80. The summed E-state index contributed by atoms with van der Waals surface area (Å²) in [5, 5.41) is 12.9. The van der Waals surface area contributed by atoms with Gasteiger partial charge >= 0.3 is 0 Å². The summed E-state index contributed by atoms with van der Waals surface area (Å²) in [5.74, 6) is 0. The van der Waals surface area contributed by atoms with Crippen LogP contribution < -0.4 is 5.32 Å². The molecule has 0 fully saturated rings. The molecule has 96 valence electrons. The molecule has 0 amide bonds. The second kappa shape index (κ2) is 6.33. The van der Waals surface area contributed by atoms with Crippen LogP contribution in [0.2, 0.25) is 5.02 Å². The van der Waals surface area contributed by atoms with Crippen molar-refractivity contribution >= 4 is 11.6 Å². The van der Waals surface area contributed by atoms with Gasteiger partial charge in [0.2, 0.25) is 0 Å². The highest BCUT2D eigenvalue weighted by Crippen LogP contribution is 2.17. The number of rotatable bonds is 4. The average Bonchev–Trinajstić information content (AvgIpc) is 2.45. The van der Waals surface area contributed by atoms with Crippen molar-refractivity contribution in [2.45, 2.75) is 19.5 Å². The number of nitrogens with one attached hydrogen (secondary N) is 1. The maximum absolute atomic E-state index is 8.80. The first-order chi connectivity index (χ1) is 9.19. The van der Waals surface area contributed by atoms with Crippen LogP contribution in [0.4, 0.5) is 0 Å². The lowest BCUT2D eigenvalue weighted by atomic mass is 10.1. The number of hydrogen-bond donors (Lipinski definition) is 1. The Morgan fingerprint density at radius 1 is 1.37 bits per heavy atom. The Hall–Kier alpha value is -1.89. The zero-order chi connectivity index (χ0) is 13.7. The van der Waals surface area contributed by atoms with Gasteiger partial charge in [0.1, 0.15) is 11.8 Å². The molecule has 0 bridgehead atoms. The molecule has 2 rings (SSSR count). The van der Waals surface area contributed by atoms with Crippen molar-refractivity contribution in [3.63, 3.8) is 0 Å². The summed E-state index contributed by atoms with van der Waals surface area (Å²) in [4.78, 5) is 3.95. The van der Waals surface area contributed by atoms with Gasteiger partial charge in [0.25, 0.3) is 0 Å². The van der Waals surface area contributed by atoms with Crippen molar-refractivity contribution < 1.29 is 0 Å². The lowest BCUT2D eigenvalue weighted by molar-refractivity contribution is 0.574. The summed E-state index contributed by atoms with van der Waals surface area (Å²) >= 11 is 5.97. The predicted molar refractivity (Wildman–Crippen MR) is 75.7 cm³/mol. The van der Waals surface area contributed by atoms with Crippen molar-refractivity contribution in [2.24, 2.45) is 0 Å². The molecule has 0 aliphatic heterocycles. The minimum Gasteiger partial charge on any atom is -0.306 e. The topological polar surface area (TPSA) is 48.7 Å². The predicted octanol–water partition coefficient (Wildman–Crippen LogP) is 3.46. The largest absolute Gasteiger partial charge is 0.306 e. The molecule has 1 aromatic carbocycles. The molecule has 0 aliphatic rings. The molecule has 1 N–H and O–H groups in total. The van der Waals surface area contributed by atoms with E-state index in [1.54, 1.807) is 12.3 Å². The van der Waals surface area contributed by atoms with Crippen LogP contribution in [0.15, 0.2) is 42.6 Å². The fourth-order valence-corrected chi connectivity index (χ4v) is 2.01. The first kappa shape index (κ1) is 13.5. The number of aromatic nitrogens is 1. The van der Waals surface area contributed by atoms with Crippen molar-refractivity contribution in [1.29, 1.82) is 5.26 Å². The molecule has 0 aliphatic carbocycles. The second-order valence-electron chi connectivity index (χ2n) is 4.32. The van der Waals surface area contributed by atoms with Gasteiger partial charge in [-0.05, 0) is 42.3 Å². The molecular weight excluding hydrogens is 258 g/mol. The summed E-state index contributed by atoms with van der Waals surface area (Å²) in [7, 11) is 0. The number of benzene rings is 1. The minimum atomic E-state index is 0.192. The summed E-state index contributed by atoms with van der Waals surface area (Å²) in [6.07, 6.45) is 1.65. The van der Waals surface area contributed by atoms with E-state index in [4.69, 9.17) is 16.9 Å². The van der Waals surface area contributed by atoms with Gasteiger partial charge in [0, 0.05) is 23.8 Å². The van der Waals surface area contributed by atoms with Gasteiger partial charge in [-0.2, -0.15) is 5.26 Å². The van der Waals surface area contributed by atoms with Gasteiger partial charge in [0.05, 0.1) is 0 Å². The van der Waals surface area contributed by atoms with Gasteiger partial charge < -0.3 is 5.32 Å². The monoisotopic (exact) mass is 271 g/mol. The average molecular weight is 272 g/mol. The summed E-state index contributed by atoms with van der Waals surface area (Å²) < 4.78 is 0. The minimum absolute atomic E-state index is 0.192. The molecule has 4 heteroatoms. The third-order valence-electron chi connectivity index (χ3n) is 2.90. The van der Waals surface area contributed by atoms with E-state index in [1.807, 2.05) is 36.4 Å². The van der Waals surface area contributed by atoms with Crippen LogP contribution in [0.25, 0.3) is 0 Å². The number of pyridine rings is 1. The fraction of sp³-hybridized carbons (Fsp3) is 0.200. The second-order valence-corrected chi connectivity index (χ2v) is 4.76. The molecule has 1 heterocycles. The first-order valence-electron chi connectivity index (χ1n) is 6.03. The summed E-state index contributed by atoms with van der Waals surface area (Å²) in [6, 6.07) is 13.7. The summed E-state index contributed by atoms with van der Waals surface area (Å²) in [6.45, 7) is 2.77. The molecule has 0 saturated carbocycles. The standard InChI is InChI=1S/C15H14ClN3/c1-11(13-3-2-4-14(16)8-13)19-10-12-5-6-18-15(7-12)9-17/h2-8,11,19H,10H2,1H3/t11-/m1/s1. The van der Waals surface area contributed by atoms with E-state index in [9.17, 15) is 0 Å². The van der Waals surface area contributed by atoms with Crippen LogP contribution >= 0.6 is 11.6 Å². The Morgan fingerprint density at radius 2 is 2.21 bits per heavy atom. The van der Waals surface area contributed by atoms with Crippen molar-refractivity contribution in [1.82, 2.24) is 10.3 Å². The highest BCUT2D eigenvalue weighted by molar-refractivity contribution is 6.30. The highest BCUT2D eigenvalue weighted by atomic mass is 35.5. The molecule has 0 saturated heterocycles. The van der Waals surface area contributed by atoms with Gasteiger partial charge in [-0.25, -0.2) is 4.98 Å². The van der Waals surface area contributed by atoms with Crippen LogP contribution in [-0.2, 0) is 6.54 Å². The van der Waals surface area contributed by atoms with E-state index < -0.39 is 0 Å². The molecule has 0 radical (unpaired) electrons. The van der Waals surface area contributed by atoms with E-state index in [-0.39, 0.29) is 6.04 Å². The Morgan fingerprint density at radius 3 is 2.95 bits per heavy atom. The molecule has 2 aromatic rings. The lowest BCUT2D eigenvalue weighted by Gasteiger charge is -2.14. The normalized spacial score (nSPS) is 11.8. The number of nitrogens with zero attached hydrogens (tertiary/aromatic N) is 2. The van der Waals surface area contributed by atoms with Gasteiger partial charge in [-0.15, -0.1) is 0 Å². The zero-order valence-electron chi connectivity index (χ0n) is 10.6. The van der Waals surface area contributed by atoms with Crippen LogP contribution in [-0.4, -0.2) is 4.98 Å². The van der Waals surface area contributed by atoms with E-state index in [1.165, 1.54) is 0 Å². The first-order valence-corrected chi connectivity index (χ1v) is 6.40. The van der Waals surface area contributed by atoms with Gasteiger partial charge in [0.15, 0.2) is 0 Å². The highest BCUT2D eigenvalue weighted by Gasteiger charge is 2.05.